The van der Waals surface area contributed by atoms with Crippen molar-refractivity contribution in [1.29, 1.82) is 0 Å². The lowest BCUT2D eigenvalue weighted by atomic mass is 9.89. The molecule has 7 heteroatoms. The second kappa shape index (κ2) is 7.91. The number of ether oxygens (including phenoxy) is 1. The summed E-state index contributed by atoms with van der Waals surface area (Å²) < 4.78 is 5.11. The number of carbonyl (C=O) groups is 3. The normalized spacial score (nSPS) is 23.6. The average Bonchev–Trinajstić information content (AvgIpc) is 2.95. The number of benzene rings is 1. The van der Waals surface area contributed by atoms with Gasteiger partial charge in [-0.2, -0.15) is 0 Å². The Morgan fingerprint density at radius 1 is 1.24 bits per heavy atom. The molecule has 1 saturated carbocycles. The van der Waals surface area contributed by atoms with Crippen LogP contribution in [0, 0.1) is 0 Å². The number of hydrogen-bond donors (Lipinski definition) is 1. The number of rotatable bonds is 5. The summed E-state index contributed by atoms with van der Waals surface area (Å²) in [6.45, 7) is 0. The van der Waals surface area contributed by atoms with E-state index in [1.54, 1.807) is 7.11 Å². The molecule has 2 fully saturated rings. The summed E-state index contributed by atoms with van der Waals surface area (Å²) in [6.07, 6.45) is 3.78. The molecule has 1 aromatic rings. The van der Waals surface area contributed by atoms with E-state index in [0.717, 1.165) is 48.8 Å². The molecule has 1 aliphatic carbocycles. The van der Waals surface area contributed by atoms with Crippen LogP contribution < -0.4 is 10.1 Å². The van der Waals surface area contributed by atoms with Crippen LogP contribution in [0.4, 0.5) is 4.79 Å². The van der Waals surface area contributed by atoms with E-state index in [0.29, 0.717) is 0 Å². The van der Waals surface area contributed by atoms with Gasteiger partial charge < -0.3 is 10.1 Å². The van der Waals surface area contributed by atoms with E-state index < -0.39 is 0 Å². The first-order valence-electron chi connectivity index (χ1n) is 8.49. The first-order valence-corrected chi connectivity index (χ1v) is 9.48. The molecule has 3 amide bonds. The summed E-state index contributed by atoms with van der Waals surface area (Å²) in [4.78, 5) is 37.8. The molecule has 134 valence electrons. The van der Waals surface area contributed by atoms with Crippen molar-refractivity contribution in [2.75, 3.05) is 12.9 Å². The SMILES string of the molecule is COc1ccc(CC(=O)NC2CCCCC2N2C(=O)CSC2=O)cc1. The molecular formula is C18H22N2O4S. The molecule has 2 unspecified atom stereocenters. The largest absolute Gasteiger partial charge is 0.497 e. The predicted octanol–water partition coefficient (Wildman–Crippen LogP) is 2.36. The molecule has 1 saturated heterocycles. The van der Waals surface area contributed by atoms with Gasteiger partial charge in [0.1, 0.15) is 5.75 Å². The zero-order valence-electron chi connectivity index (χ0n) is 14.2. The van der Waals surface area contributed by atoms with Crippen LogP contribution in [-0.4, -0.2) is 46.9 Å². The van der Waals surface area contributed by atoms with Crippen molar-refractivity contribution in [3.8, 4) is 5.75 Å². The van der Waals surface area contributed by atoms with Crippen molar-refractivity contribution in [2.45, 2.75) is 44.2 Å². The highest BCUT2D eigenvalue weighted by Gasteiger charge is 2.41. The summed E-state index contributed by atoms with van der Waals surface area (Å²) >= 11 is 1.05. The maximum absolute atomic E-state index is 12.4. The van der Waals surface area contributed by atoms with Crippen LogP contribution >= 0.6 is 11.8 Å². The van der Waals surface area contributed by atoms with E-state index in [1.807, 2.05) is 24.3 Å². The summed E-state index contributed by atoms with van der Waals surface area (Å²) in [7, 11) is 1.60. The number of imide groups is 1. The van der Waals surface area contributed by atoms with Gasteiger partial charge in [-0.05, 0) is 30.5 Å². The second-order valence-electron chi connectivity index (χ2n) is 6.37. The average molecular weight is 362 g/mol. The van der Waals surface area contributed by atoms with Crippen LogP contribution in [-0.2, 0) is 16.0 Å². The van der Waals surface area contributed by atoms with Gasteiger partial charge in [-0.3, -0.25) is 19.3 Å². The van der Waals surface area contributed by atoms with E-state index in [1.165, 1.54) is 4.90 Å². The molecule has 1 aromatic carbocycles. The third-order valence-corrected chi connectivity index (χ3v) is 5.55. The van der Waals surface area contributed by atoms with E-state index in [9.17, 15) is 14.4 Å². The number of hydrogen-bond acceptors (Lipinski definition) is 5. The molecule has 25 heavy (non-hydrogen) atoms. The number of methoxy groups -OCH3 is 1. The zero-order chi connectivity index (χ0) is 17.8. The van der Waals surface area contributed by atoms with Gasteiger partial charge in [-0.25, -0.2) is 0 Å². The Bertz CT molecular complexity index is 646. The Balaban J connectivity index is 1.63. The van der Waals surface area contributed by atoms with Crippen LogP contribution in [0.5, 0.6) is 5.75 Å². The molecule has 1 heterocycles. The molecule has 2 aliphatic rings. The zero-order valence-corrected chi connectivity index (χ0v) is 15.0. The Kier molecular flexibility index (Phi) is 5.63. The standard InChI is InChI=1S/C18H22N2O4S/c1-24-13-8-6-12(7-9-13)10-16(21)19-14-4-2-3-5-15(14)20-17(22)11-25-18(20)23/h6-9,14-15H,2-5,10-11H2,1H3,(H,19,21). The van der Waals surface area contributed by atoms with Crippen molar-refractivity contribution in [3.63, 3.8) is 0 Å². The maximum atomic E-state index is 12.4. The highest BCUT2D eigenvalue weighted by atomic mass is 32.2. The number of amides is 3. The fourth-order valence-corrected chi connectivity index (χ4v) is 4.22. The Labute approximate surface area is 151 Å². The number of nitrogens with zero attached hydrogens (tertiary/aromatic N) is 1. The summed E-state index contributed by atoms with van der Waals surface area (Å²) in [5, 5.41) is 2.85. The fraction of sp³-hybridized carbons (Fsp3) is 0.500. The van der Waals surface area contributed by atoms with E-state index >= 15 is 0 Å². The van der Waals surface area contributed by atoms with Gasteiger partial charge in [0.15, 0.2) is 0 Å². The van der Waals surface area contributed by atoms with Gasteiger partial charge in [0.05, 0.1) is 25.3 Å². The summed E-state index contributed by atoms with van der Waals surface area (Å²) in [6, 6.07) is 6.99. The lowest BCUT2D eigenvalue weighted by Gasteiger charge is -2.36. The Morgan fingerprint density at radius 2 is 1.96 bits per heavy atom. The van der Waals surface area contributed by atoms with Gasteiger partial charge in [-0.1, -0.05) is 36.7 Å². The van der Waals surface area contributed by atoms with Crippen LogP contribution in [0.25, 0.3) is 0 Å². The van der Waals surface area contributed by atoms with Crippen LogP contribution in [0.15, 0.2) is 24.3 Å². The van der Waals surface area contributed by atoms with Crippen molar-refractivity contribution in [2.24, 2.45) is 0 Å². The molecule has 1 N–H and O–H groups in total. The maximum Gasteiger partial charge on any atom is 0.289 e. The minimum atomic E-state index is -0.219. The third kappa shape index (κ3) is 4.15. The van der Waals surface area contributed by atoms with Crippen LogP contribution in [0.2, 0.25) is 0 Å². The first kappa shape index (κ1) is 17.8. The van der Waals surface area contributed by atoms with Gasteiger partial charge >= 0.3 is 0 Å². The fourth-order valence-electron chi connectivity index (χ4n) is 3.46. The molecule has 0 spiro atoms. The van der Waals surface area contributed by atoms with Crippen molar-refractivity contribution >= 4 is 28.8 Å². The highest BCUT2D eigenvalue weighted by Crippen LogP contribution is 2.30. The summed E-state index contributed by atoms with van der Waals surface area (Å²) in [5.41, 5.74) is 0.898. The van der Waals surface area contributed by atoms with Crippen molar-refractivity contribution in [1.82, 2.24) is 10.2 Å². The molecule has 1 aliphatic heterocycles. The lowest BCUT2D eigenvalue weighted by Crippen LogP contribution is -2.55. The van der Waals surface area contributed by atoms with Crippen molar-refractivity contribution in [3.05, 3.63) is 29.8 Å². The van der Waals surface area contributed by atoms with Crippen LogP contribution in [0.1, 0.15) is 31.2 Å². The summed E-state index contributed by atoms with van der Waals surface area (Å²) in [5.74, 6) is 0.729. The number of thioether (sulfide) groups is 1. The van der Waals surface area contributed by atoms with E-state index in [-0.39, 0.29) is 41.3 Å². The topological polar surface area (TPSA) is 75.7 Å². The Hall–Kier alpha value is -2.02. The van der Waals surface area contributed by atoms with Gasteiger partial charge in [0, 0.05) is 6.04 Å². The lowest BCUT2D eigenvalue weighted by molar-refractivity contribution is -0.129. The first-order chi connectivity index (χ1) is 12.1. The second-order valence-corrected chi connectivity index (χ2v) is 7.30. The van der Waals surface area contributed by atoms with Crippen molar-refractivity contribution < 1.29 is 19.1 Å². The highest BCUT2D eigenvalue weighted by molar-refractivity contribution is 8.14. The molecule has 0 aromatic heterocycles. The number of nitrogens with one attached hydrogen (secondary N) is 1. The van der Waals surface area contributed by atoms with Gasteiger partial charge in [-0.15, -0.1) is 0 Å². The Morgan fingerprint density at radius 3 is 2.60 bits per heavy atom. The van der Waals surface area contributed by atoms with Crippen LogP contribution in [0.3, 0.4) is 0 Å². The number of carbonyl (C=O) groups excluding carboxylic acids is 3. The van der Waals surface area contributed by atoms with Gasteiger partial charge in [0.2, 0.25) is 11.8 Å². The third-order valence-electron chi connectivity index (χ3n) is 4.72. The predicted molar refractivity (Wildman–Crippen MR) is 95.6 cm³/mol. The molecular weight excluding hydrogens is 340 g/mol. The molecule has 2 atom stereocenters. The minimum absolute atomic E-state index is 0.0891. The van der Waals surface area contributed by atoms with E-state index in [4.69, 9.17) is 4.74 Å². The molecule has 0 radical (unpaired) electrons. The van der Waals surface area contributed by atoms with Gasteiger partial charge in [0.25, 0.3) is 5.24 Å². The molecule has 0 bridgehead atoms. The smallest absolute Gasteiger partial charge is 0.289 e. The van der Waals surface area contributed by atoms with E-state index in [2.05, 4.69) is 5.32 Å². The monoisotopic (exact) mass is 362 g/mol. The molecule has 6 nitrogen and oxygen atoms in total. The minimum Gasteiger partial charge on any atom is -0.497 e. The quantitative estimate of drug-likeness (QED) is 0.870. The molecule has 3 rings (SSSR count).